The van der Waals surface area contributed by atoms with Crippen LogP contribution in [0.1, 0.15) is 36.0 Å². The van der Waals surface area contributed by atoms with Gasteiger partial charge in [-0.3, -0.25) is 0 Å². The van der Waals surface area contributed by atoms with Gasteiger partial charge < -0.3 is 15.5 Å². The van der Waals surface area contributed by atoms with Gasteiger partial charge in [0.1, 0.15) is 5.82 Å². The fraction of sp³-hybridized carbons (Fsp3) is 0.533. The van der Waals surface area contributed by atoms with Crippen LogP contribution in [0.15, 0.2) is 18.2 Å². The number of rotatable bonds is 5. The molecule has 5 heteroatoms. The van der Waals surface area contributed by atoms with Crippen molar-refractivity contribution >= 4 is 11.7 Å². The van der Waals surface area contributed by atoms with Crippen molar-refractivity contribution in [3.8, 4) is 0 Å². The lowest BCUT2D eigenvalue weighted by Gasteiger charge is -2.30. The number of hydrogen-bond donors (Lipinski definition) is 3. The topological polar surface area (TPSA) is 69.6 Å². The fourth-order valence-corrected chi connectivity index (χ4v) is 2.91. The molecule has 4 nitrogen and oxygen atoms in total. The average molecular weight is 281 g/mol. The highest BCUT2D eigenvalue weighted by atomic mass is 19.1. The molecule has 1 saturated carbocycles. The molecule has 1 aliphatic carbocycles. The Morgan fingerprint density at radius 2 is 2.00 bits per heavy atom. The van der Waals surface area contributed by atoms with Crippen LogP contribution in [-0.4, -0.2) is 29.3 Å². The summed E-state index contributed by atoms with van der Waals surface area (Å²) >= 11 is 0. The van der Waals surface area contributed by atoms with E-state index < -0.39 is 11.8 Å². The first kappa shape index (κ1) is 14.8. The maximum absolute atomic E-state index is 13.8. The van der Waals surface area contributed by atoms with Crippen LogP contribution in [0.5, 0.6) is 0 Å². The molecule has 110 valence electrons. The van der Waals surface area contributed by atoms with Crippen molar-refractivity contribution in [2.75, 3.05) is 18.5 Å². The van der Waals surface area contributed by atoms with Crippen LogP contribution in [0.4, 0.5) is 10.1 Å². The largest absolute Gasteiger partial charge is 0.478 e. The SMILES string of the molecule is O=C(O)c1cccc(F)c1NCC1CCCCC1CO. The number of anilines is 1. The molecule has 0 heterocycles. The van der Waals surface area contributed by atoms with Gasteiger partial charge >= 0.3 is 5.97 Å². The second-order valence-corrected chi connectivity index (χ2v) is 5.34. The van der Waals surface area contributed by atoms with Gasteiger partial charge in [-0.15, -0.1) is 0 Å². The lowest BCUT2D eigenvalue weighted by molar-refractivity contribution is 0.0697. The number of aliphatic hydroxyl groups is 1. The normalized spacial score (nSPS) is 22.5. The minimum absolute atomic E-state index is 0.0438. The Morgan fingerprint density at radius 1 is 1.30 bits per heavy atom. The number of carboxylic acid groups (broad SMARTS) is 1. The summed E-state index contributed by atoms with van der Waals surface area (Å²) in [7, 11) is 0. The number of carbonyl (C=O) groups is 1. The van der Waals surface area contributed by atoms with Gasteiger partial charge in [-0.25, -0.2) is 9.18 Å². The molecule has 0 amide bonds. The predicted molar refractivity (Wildman–Crippen MR) is 74.4 cm³/mol. The molecule has 3 N–H and O–H groups in total. The Hall–Kier alpha value is -1.62. The van der Waals surface area contributed by atoms with Gasteiger partial charge in [0.05, 0.1) is 11.3 Å². The summed E-state index contributed by atoms with van der Waals surface area (Å²) in [6.07, 6.45) is 4.18. The minimum atomic E-state index is -1.14. The van der Waals surface area contributed by atoms with E-state index in [4.69, 9.17) is 5.11 Å². The van der Waals surface area contributed by atoms with Crippen LogP contribution in [-0.2, 0) is 0 Å². The van der Waals surface area contributed by atoms with Gasteiger partial charge in [0.15, 0.2) is 0 Å². The first-order valence-electron chi connectivity index (χ1n) is 7.00. The predicted octanol–water partition coefficient (Wildman–Crippen LogP) is 2.73. The smallest absolute Gasteiger partial charge is 0.337 e. The first-order chi connectivity index (χ1) is 9.63. The van der Waals surface area contributed by atoms with Gasteiger partial charge in [0, 0.05) is 13.2 Å². The highest BCUT2D eigenvalue weighted by molar-refractivity contribution is 5.94. The summed E-state index contributed by atoms with van der Waals surface area (Å²) in [6, 6.07) is 4.03. The third kappa shape index (κ3) is 3.28. The molecule has 2 atom stereocenters. The summed E-state index contributed by atoms with van der Waals surface area (Å²) in [5, 5.41) is 21.4. The molecule has 2 unspecified atom stereocenters. The van der Waals surface area contributed by atoms with Crippen LogP contribution >= 0.6 is 0 Å². The van der Waals surface area contributed by atoms with Crippen molar-refractivity contribution in [2.45, 2.75) is 25.7 Å². The van der Waals surface area contributed by atoms with Gasteiger partial charge in [0.2, 0.25) is 0 Å². The van der Waals surface area contributed by atoms with Gasteiger partial charge in [-0.2, -0.15) is 0 Å². The standard InChI is InChI=1S/C15H20FNO3/c16-13-7-3-6-12(15(19)20)14(13)17-8-10-4-1-2-5-11(10)9-18/h3,6-7,10-11,17-18H,1-2,4-5,8-9H2,(H,19,20). The molecule has 0 aliphatic heterocycles. The number of benzene rings is 1. The van der Waals surface area contributed by atoms with Crippen LogP contribution in [0, 0.1) is 17.7 Å². The zero-order chi connectivity index (χ0) is 14.5. The number of nitrogens with one attached hydrogen (secondary N) is 1. The lowest BCUT2D eigenvalue weighted by atomic mass is 9.79. The van der Waals surface area contributed by atoms with E-state index in [1.54, 1.807) is 0 Å². The average Bonchev–Trinajstić information content (AvgIpc) is 2.46. The van der Waals surface area contributed by atoms with Crippen molar-refractivity contribution in [1.82, 2.24) is 0 Å². The van der Waals surface area contributed by atoms with E-state index in [9.17, 15) is 14.3 Å². The molecule has 0 spiro atoms. The molecule has 0 radical (unpaired) electrons. The Balaban J connectivity index is 2.08. The Morgan fingerprint density at radius 3 is 2.65 bits per heavy atom. The molecular formula is C15H20FNO3. The van der Waals surface area contributed by atoms with Gasteiger partial charge in [0.25, 0.3) is 0 Å². The molecular weight excluding hydrogens is 261 g/mol. The van der Waals surface area contributed by atoms with Gasteiger partial charge in [-0.1, -0.05) is 18.9 Å². The number of aliphatic hydroxyl groups excluding tert-OH is 1. The maximum Gasteiger partial charge on any atom is 0.337 e. The van der Waals surface area contributed by atoms with Crippen LogP contribution in [0.3, 0.4) is 0 Å². The minimum Gasteiger partial charge on any atom is -0.478 e. The summed E-state index contributed by atoms with van der Waals surface area (Å²) < 4.78 is 13.8. The number of aromatic carboxylic acids is 1. The van der Waals surface area contributed by atoms with Crippen LogP contribution in [0.2, 0.25) is 0 Å². The van der Waals surface area contributed by atoms with E-state index in [-0.39, 0.29) is 29.7 Å². The van der Waals surface area contributed by atoms with E-state index in [1.165, 1.54) is 18.2 Å². The Bertz CT molecular complexity index is 478. The van der Waals surface area contributed by atoms with E-state index in [0.717, 1.165) is 25.7 Å². The molecule has 1 aromatic rings. The van der Waals surface area contributed by atoms with Crippen molar-refractivity contribution < 1.29 is 19.4 Å². The van der Waals surface area contributed by atoms with E-state index in [0.29, 0.717) is 6.54 Å². The summed E-state index contributed by atoms with van der Waals surface area (Å²) in [5.41, 5.74) is -0.0105. The highest BCUT2D eigenvalue weighted by Gasteiger charge is 2.25. The third-order valence-electron chi connectivity index (χ3n) is 4.09. The number of carboxylic acids is 1. The summed E-state index contributed by atoms with van der Waals surface area (Å²) in [5.74, 6) is -1.22. The quantitative estimate of drug-likeness (QED) is 0.776. The van der Waals surface area contributed by atoms with Crippen molar-refractivity contribution in [3.63, 3.8) is 0 Å². The Labute approximate surface area is 117 Å². The second-order valence-electron chi connectivity index (χ2n) is 5.34. The lowest BCUT2D eigenvalue weighted by Crippen LogP contribution is -2.29. The van der Waals surface area contributed by atoms with E-state index >= 15 is 0 Å². The van der Waals surface area contributed by atoms with Crippen LogP contribution < -0.4 is 5.32 Å². The number of halogens is 1. The monoisotopic (exact) mass is 281 g/mol. The molecule has 1 aromatic carbocycles. The van der Waals surface area contributed by atoms with Crippen molar-refractivity contribution in [1.29, 1.82) is 0 Å². The second kappa shape index (κ2) is 6.70. The van der Waals surface area contributed by atoms with E-state index in [2.05, 4.69) is 5.32 Å². The summed E-state index contributed by atoms with van der Waals surface area (Å²) in [6.45, 7) is 0.627. The summed E-state index contributed by atoms with van der Waals surface area (Å²) in [4.78, 5) is 11.1. The zero-order valence-electron chi connectivity index (χ0n) is 11.3. The fourth-order valence-electron chi connectivity index (χ4n) is 2.91. The maximum atomic E-state index is 13.8. The Kier molecular flexibility index (Phi) is 4.95. The number of para-hydroxylation sites is 1. The number of hydrogen-bond acceptors (Lipinski definition) is 3. The molecule has 0 bridgehead atoms. The zero-order valence-corrected chi connectivity index (χ0v) is 11.3. The first-order valence-corrected chi connectivity index (χ1v) is 7.00. The van der Waals surface area contributed by atoms with Crippen LogP contribution in [0.25, 0.3) is 0 Å². The molecule has 0 aromatic heterocycles. The van der Waals surface area contributed by atoms with Gasteiger partial charge in [-0.05, 0) is 36.8 Å². The molecule has 1 aliphatic rings. The molecule has 20 heavy (non-hydrogen) atoms. The van der Waals surface area contributed by atoms with Crippen molar-refractivity contribution in [3.05, 3.63) is 29.6 Å². The van der Waals surface area contributed by atoms with Crippen molar-refractivity contribution in [2.24, 2.45) is 11.8 Å². The third-order valence-corrected chi connectivity index (χ3v) is 4.09. The van der Waals surface area contributed by atoms with E-state index in [1.807, 2.05) is 0 Å². The highest BCUT2D eigenvalue weighted by Crippen LogP contribution is 2.30. The molecule has 0 saturated heterocycles. The molecule has 2 rings (SSSR count). The molecule has 1 fully saturated rings.